The van der Waals surface area contributed by atoms with Gasteiger partial charge in [-0.3, -0.25) is 4.79 Å². The summed E-state index contributed by atoms with van der Waals surface area (Å²) in [7, 11) is 4.60. The van der Waals surface area contributed by atoms with Crippen LogP contribution in [0.2, 0.25) is 0 Å². The number of carbonyl (C=O) groups excluding carboxylic acids is 1. The summed E-state index contributed by atoms with van der Waals surface area (Å²) in [5, 5.41) is 11.7. The summed E-state index contributed by atoms with van der Waals surface area (Å²) in [6, 6.07) is 10.1. The Morgan fingerprint density at radius 3 is 2.15 bits per heavy atom. The molecule has 1 amide bonds. The molecule has 27 heavy (non-hydrogen) atoms. The van der Waals surface area contributed by atoms with Gasteiger partial charge in [-0.25, -0.2) is 4.79 Å². The highest BCUT2D eigenvalue weighted by atomic mass is 16.5. The summed E-state index contributed by atoms with van der Waals surface area (Å²) in [6.45, 7) is 0.292. The van der Waals surface area contributed by atoms with E-state index in [1.165, 1.54) is 26.4 Å². The zero-order valence-corrected chi connectivity index (χ0v) is 15.6. The first-order valence-electron chi connectivity index (χ1n) is 8.37. The van der Waals surface area contributed by atoms with Gasteiger partial charge in [0.15, 0.2) is 11.5 Å². The first-order chi connectivity index (χ1) is 13.0. The van der Waals surface area contributed by atoms with E-state index in [1.807, 2.05) is 6.07 Å². The van der Waals surface area contributed by atoms with Crippen molar-refractivity contribution in [2.75, 3.05) is 21.3 Å². The molecule has 0 unspecified atom stereocenters. The summed E-state index contributed by atoms with van der Waals surface area (Å²) >= 11 is 0. The summed E-state index contributed by atoms with van der Waals surface area (Å²) in [5.74, 6) is 0.457. The first kappa shape index (κ1) is 20.1. The number of carbonyl (C=O) groups is 2. The Hall–Kier alpha value is -3.22. The number of benzene rings is 2. The molecule has 2 rings (SSSR count). The van der Waals surface area contributed by atoms with E-state index in [-0.39, 0.29) is 11.5 Å². The van der Waals surface area contributed by atoms with Crippen LogP contribution >= 0.6 is 0 Å². The van der Waals surface area contributed by atoms with Gasteiger partial charge in [-0.1, -0.05) is 12.1 Å². The Morgan fingerprint density at radius 1 is 0.926 bits per heavy atom. The number of aromatic carboxylic acids is 1. The van der Waals surface area contributed by atoms with E-state index in [4.69, 9.17) is 19.3 Å². The van der Waals surface area contributed by atoms with Crippen molar-refractivity contribution >= 4 is 11.9 Å². The molecule has 0 atom stereocenters. The van der Waals surface area contributed by atoms with Crippen LogP contribution < -0.4 is 19.5 Å². The third kappa shape index (κ3) is 5.13. The van der Waals surface area contributed by atoms with Gasteiger partial charge < -0.3 is 24.6 Å². The molecule has 7 nitrogen and oxygen atoms in total. The molecule has 0 aliphatic carbocycles. The molecule has 0 aromatic heterocycles. The van der Waals surface area contributed by atoms with E-state index in [0.717, 1.165) is 11.1 Å². The molecule has 2 aromatic rings. The van der Waals surface area contributed by atoms with Gasteiger partial charge in [0.2, 0.25) is 11.7 Å². The number of aryl methyl sites for hydroxylation is 1. The molecule has 0 bridgehead atoms. The summed E-state index contributed by atoms with van der Waals surface area (Å²) in [6.07, 6.45) is 0.816. The molecule has 0 spiro atoms. The molecular weight excluding hydrogens is 350 g/mol. The number of rotatable bonds is 9. The average Bonchev–Trinajstić information content (AvgIpc) is 2.69. The van der Waals surface area contributed by atoms with Gasteiger partial charge in [-0.2, -0.15) is 0 Å². The highest BCUT2D eigenvalue weighted by molar-refractivity contribution is 5.87. The lowest BCUT2D eigenvalue weighted by Crippen LogP contribution is -2.23. The number of ether oxygens (including phenoxy) is 3. The van der Waals surface area contributed by atoms with E-state index in [0.29, 0.717) is 36.6 Å². The SMILES string of the molecule is COc1ccc(CNC(=O)CCc2ccc(C(=O)O)cc2)c(OC)c1OC. The zero-order valence-electron chi connectivity index (χ0n) is 15.6. The van der Waals surface area contributed by atoms with Gasteiger partial charge in [0, 0.05) is 18.5 Å². The Morgan fingerprint density at radius 2 is 1.59 bits per heavy atom. The van der Waals surface area contributed by atoms with E-state index < -0.39 is 5.97 Å². The third-order valence-electron chi connectivity index (χ3n) is 4.10. The van der Waals surface area contributed by atoms with Gasteiger partial charge in [0.05, 0.1) is 26.9 Å². The number of carboxylic acids is 1. The predicted molar refractivity (Wildman–Crippen MR) is 99.7 cm³/mol. The monoisotopic (exact) mass is 373 g/mol. The fraction of sp³-hybridized carbons (Fsp3) is 0.300. The van der Waals surface area contributed by atoms with Crippen LogP contribution in [0.4, 0.5) is 0 Å². The first-order valence-corrected chi connectivity index (χ1v) is 8.37. The van der Waals surface area contributed by atoms with Crippen LogP contribution in [-0.2, 0) is 17.8 Å². The number of hydrogen-bond donors (Lipinski definition) is 2. The van der Waals surface area contributed by atoms with Crippen LogP contribution in [0.3, 0.4) is 0 Å². The van der Waals surface area contributed by atoms with Crippen LogP contribution in [0.1, 0.15) is 27.9 Å². The summed E-state index contributed by atoms with van der Waals surface area (Å²) < 4.78 is 16.0. The van der Waals surface area contributed by atoms with Crippen molar-refractivity contribution < 1.29 is 28.9 Å². The molecule has 0 aliphatic rings. The zero-order chi connectivity index (χ0) is 19.8. The topological polar surface area (TPSA) is 94.1 Å². The van der Waals surface area contributed by atoms with Gasteiger partial charge >= 0.3 is 5.97 Å². The number of nitrogens with one attached hydrogen (secondary N) is 1. The molecule has 0 saturated heterocycles. The molecule has 0 radical (unpaired) electrons. The van der Waals surface area contributed by atoms with Crippen molar-refractivity contribution in [1.29, 1.82) is 0 Å². The molecule has 2 N–H and O–H groups in total. The predicted octanol–water partition coefficient (Wildman–Crippen LogP) is 2.66. The summed E-state index contributed by atoms with van der Waals surface area (Å²) in [4.78, 5) is 23.0. The van der Waals surface area contributed by atoms with Crippen molar-refractivity contribution in [3.8, 4) is 17.2 Å². The van der Waals surface area contributed by atoms with E-state index in [1.54, 1.807) is 25.3 Å². The second-order valence-electron chi connectivity index (χ2n) is 5.77. The van der Waals surface area contributed by atoms with Crippen molar-refractivity contribution in [3.05, 3.63) is 53.1 Å². The standard InChI is InChI=1S/C20H23NO6/c1-25-16-10-9-15(18(26-2)19(16)27-3)12-21-17(22)11-6-13-4-7-14(8-5-13)20(23)24/h4-5,7-10H,6,11-12H2,1-3H3,(H,21,22)(H,23,24). The van der Waals surface area contributed by atoms with E-state index in [2.05, 4.69) is 5.32 Å². The maximum Gasteiger partial charge on any atom is 0.335 e. The largest absolute Gasteiger partial charge is 0.493 e. The number of carboxylic acid groups (broad SMARTS) is 1. The number of hydrogen-bond acceptors (Lipinski definition) is 5. The molecular formula is C20H23NO6. The maximum atomic E-state index is 12.1. The van der Waals surface area contributed by atoms with Gasteiger partial charge in [-0.15, -0.1) is 0 Å². The fourth-order valence-electron chi connectivity index (χ4n) is 2.66. The molecule has 0 heterocycles. The summed E-state index contributed by atoms with van der Waals surface area (Å²) in [5.41, 5.74) is 1.90. The molecule has 144 valence electrons. The van der Waals surface area contributed by atoms with Crippen molar-refractivity contribution in [1.82, 2.24) is 5.32 Å². The second-order valence-corrected chi connectivity index (χ2v) is 5.77. The molecule has 7 heteroatoms. The normalized spacial score (nSPS) is 10.2. The maximum absolute atomic E-state index is 12.1. The highest BCUT2D eigenvalue weighted by Gasteiger charge is 2.16. The molecule has 2 aromatic carbocycles. The van der Waals surface area contributed by atoms with E-state index in [9.17, 15) is 9.59 Å². The van der Waals surface area contributed by atoms with Crippen LogP contribution in [0.15, 0.2) is 36.4 Å². The Balaban J connectivity index is 1.94. The molecule has 0 saturated carbocycles. The van der Waals surface area contributed by atoms with E-state index >= 15 is 0 Å². The minimum absolute atomic E-state index is 0.117. The Bertz CT molecular complexity index is 801. The van der Waals surface area contributed by atoms with Gasteiger partial charge in [-0.05, 0) is 36.2 Å². The van der Waals surface area contributed by atoms with Gasteiger partial charge in [0.1, 0.15) is 0 Å². The van der Waals surface area contributed by atoms with Crippen LogP contribution in [-0.4, -0.2) is 38.3 Å². The van der Waals surface area contributed by atoms with Crippen molar-refractivity contribution in [2.24, 2.45) is 0 Å². The number of methoxy groups -OCH3 is 3. The highest BCUT2D eigenvalue weighted by Crippen LogP contribution is 2.39. The lowest BCUT2D eigenvalue weighted by atomic mass is 10.1. The van der Waals surface area contributed by atoms with Crippen LogP contribution in [0, 0.1) is 0 Å². The number of amides is 1. The van der Waals surface area contributed by atoms with Crippen molar-refractivity contribution in [2.45, 2.75) is 19.4 Å². The van der Waals surface area contributed by atoms with Crippen LogP contribution in [0.25, 0.3) is 0 Å². The van der Waals surface area contributed by atoms with Crippen LogP contribution in [0.5, 0.6) is 17.2 Å². The van der Waals surface area contributed by atoms with Crippen molar-refractivity contribution in [3.63, 3.8) is 0 Å². The molecule has 0 fully saturated rings. The fourth-order valence-corrected chi connectivity index (χ4v) is 2.66. The lowest BCUT2D eigenvalue weighted by Gasteiger charge is -2.16. The minimum atomic E-state index is -0.969. The Kier molecular flexibility index (Phi) is 7.05. The quantitative estimate of drug-likeness (QED) is 0.702. The smallest absolute Gasteiger partial charge is 0.335 e. The molecule has 0 aliphatic heterocycles. The minimum Gasteiger partial charge on any atom is -0.493 e. The lowest BCUT2D eigenvalue weighted by molar-refractivity contribution is -0.121. The van der Waals surface area contributed by atoms with Gasteiger partial charge in [0.25, 0.3) is 0 Å². The second kappa shape index (κ2) is 9.47. The average molecular weight is 373 g/mol. The third-order valence-corrected chi connectivity index (χ3v) is 4.10. The Labute approximate surface area is 157 Å².